The fourth-order valence-electron chi connectivity index (χ4n) is 2.98. The van der Waals surface area contributed by atoms with E-state index in [1.807, 2.05) is 32.0 Å². The van der Waals surface area contributed by atoms with Crippen LogP contribution in [-0.2, 0) is 0 Å². The first kappa shape index (κ1) is 21.2. The first-order chi connectivity index (χ1) is 12.9. The standard InChI is InChI=1S/C19H21Cl2N3O3/c1-3-23(4-2)18(14-7-5-6-8-16(14)21)12-22-19(25)15-10-9-13(20)11-17(15)24(26)27/h5-11,18H,3-4,12H2,1-2H3,(H,22,25)/t18-/m1/s1. The minimum atomic E-state index is -0.614. The predicted octanol–water partition coefficient (Wildman–Crippen LogP) is 4.71. The number of hydrogen-bond donors (Lipinski definition) is 1. The number of amides is 1. The molecule has 2 rings (SSSR count). The van der Waals surface area contributed by atoms with Gasteiger partial charge in [-0.15, -0.1) is 0 Å². The summed E-state index contributed by atoms with van der Waals surface area (Å²) in [5, 5.41) is 14.8. The van der Waals surface area contributed by atoms with Crippen LogP contribution in [0.3, 0.4) is 0 Å². The summed E-state index contributed by atoms with van der Waals surface area (Å²) in [5.74, 6) is -0.525. The molecule has 0 fully saturated rings. The highest BCUT2D eigenvalue weighted by molar-refractivity contribution is 6.31. The van der Waals surface area contributed by atoms with Crippen LogP contribution in [0.5, 0.6) is 0 Å². The Labute approximate surface area is 168 Å². The van der Waals surface area contributed by atoms with E-state index in [9.17, 15) is 14.9 Å². The Kier molecular flexibility index (Phi) is 7.59. The van der Waals surface area contributed by atoms with Crippen molar-refractivity contribution in [3.05, 3.63) is 73.8 Å². The second-order valence-electron chi connectivity index (χ2n) is 5.89. The van der Waals surface area contributed by atoms with Gasteiger partial charge in [-0.1, -0.05) is 55.2 Å². The van der Waals surface area contributed by atoms with E-state index in [1.54, 1.807) is 6.07 Å². The van der Waals surface area contributed by atoms with Crippen LogP contribution in [-0.4, -0.2) is 35.4 Å². The topological polar surface area (TPSA) is 75.5 Å². The van der Waals surface area contributed by atoms with Crippen molar-refractivity contribution in [3.8, 4) is 0 Å². The number of carbonyl (C=O) groups excluding carboxylic acids is 1. The molecular weight excluding hydrogens is 389 g/mol. The van der Waals surface area contributed by atoms with Gasteiger partial charge in [0, 0.05) is 22.7 Å². The number of nitro groups is 1. The first-order valence-electron chi connectivity index (χ1n) is 8.59. The Balaban J connectivity index is 2.26. The van der Waals surface area contributed by atoms with E-state index in [0.717, 1.165) is 18.7 Å². The third-order valence-electron chi connectivity index (χ3n) is 4.37. The monoisotopic (exact) mass is 409 g/mol. The van der Waals surface area contributed by atoms with E-state index in [0.29, 0.717) is 5.02 Å². The second-order valence-corrected chi connectivity index (χ2v) is 6.73. The minimum Gasteiger partial charge on any atom is -0.350 e. The summed E-state index contributed by atoms with van der Waals surface area (Å²) in [6, 6.07) is 11.3. The van der Waals surface area contributed by atoms with Gasteiger partial charge in [0.15, 0.2) is 0 Å². The SMILES string of the molecule is CCN(CC)[C@H](CNC(=O)c1ccc(Cl)cc1[N+](=O)[O-])c1ccccc1Cl. The van der Waals surface area contributed by atoms with Crippen LogP contribution in [0.25, 0.3) is 0 Å². The summed E-state index contributed by atoms with van der Waals surface area (Å²) >= 11 is 12.2. The van der Waals surface area contributed by atoms with E-state index >= 15 is 0 Å². The molecule has 0 saturated carbocycles. The molecule has 2 aromatic rings. The predicted molar refractivity (Wildman–Crippen MR) is 108 cm³/mol. The molecule has 0 heterocycles. The molecule has 1 atom stereocenters. The van der Waals surface area contributed by atoms with Crippen molar-refractivity contribution in [3.63, 3.8) is 0 Å². The number of nitrogens with zero attached hydrogens (tertiary/aromatic N) is 2. The maximum absolute atomic E-state index is 12.6. The molecule has 0 aliphatic carbocycles. The minimum absolute atomic E-state index is 0.0261. The van der Waals surface area contributed by atoms with Gasteiger partial charge in [0.2, 0.25) is 0 Å². The van der Waals surface area contributed by atoms with Gasteiger partial charge in [-0.25, -0.2) is 0 Å². The third-order valence-corrected chi connectivity index (χ3v) is 4.95. The first-order valence-corrected chi connectivity index (χ1v) is 9.35. The number of nitrogens with one attached hydrogen (secondary N) is 1. The summed E-state index contributed by atoms with van der Waals surface area (Å²) in [4.78, 5) is 25.4. The molecule has 0 aromatic heterocycles. The maximum atomic E-state index is 12.6. The van der Waals surface area contributed by atoms with Crippen LogP contribution >= 0.6 is 23.2 Å². The Bertz CT molecular complexity index is 826. The lowest BCUT2D eigenvalue weighted by molar-refractivity contribution is -0.385. The molecule has 1 N–H and O–H groups in total. The molecule has 6 nitrogen and oxygen atoms in total. The number of carbonyl (C=O) groups is 1. The van der Waals surface area contributed by atoms with E-state index < -0.39 is 10.8 Å². The Morgan fingerprint density at radius 2 is 1.85 bits per heavy atom. The quantitative estimate of drug-likeness (QED) is 0.505. The number of hydrogen-bond acceptors (Lipinski definition) is 4. The lowest BCUT2D eigenvalue weighted by Gasteiger charge is -2.30. The van der Waals surface area contributed by atoms with Crippen LogP contribution in [0.15, 0.2) is 42.5 Å². The van der Waals surface area contributed by atoms with Crippen molar-refractivity contribution >= 4 is 34.8 Å². The summed E-state index contributed by atoms with van der Waals surface area (Å²) in [5.41, 5.74) is 0.549. The van der Waals surface area contributed by atoms with Gasteiger partial charge in [0.25, 0.3) is 11.6 Å². The summed E-state index contributed by atoms with van der Waals surface area (Å²) < 4.78 is 0. The lowest BCUT2D eigenvalue weighted by atomic mass is 10.0. The van der Waals surface area contributed by atoms with Crippen molar-refractivity contribution in [2.45, 2.75) is 19.9 Å². The molecule has 27 heavy (non-hydrogen) atoms. The zero-order valence-corrected chi connectivity index (χ0v) is 16.6. The molecule has 0 unspecified atom stereocenters. The van der Waals surface area contributed by atoms with Crippen LogP contribution in [0.2, 0.25) is 10.0 Å². The van der Waals surface area contributed by atoms with Crippen LogP contribution in [0, 0.1) is 10.1 Å². The third kappa shape index (κ3) is 5.19. The average Bonchev–Trinajstić information content (AvgIpc) is 2.65. The number of benzene rings is 2. The summed E-state index contributed by atoms with van der Waals surface area (Å²) in [6.45, 7) is 5.86. The maximum Gasteiger partial charge on any atom is 0.283 e. The van der Waals surface area contributed by atoms with Gasteiger partial charge >= 0.3 is 0 Å². The van der Waals surface area contributed by atoms with E-state index in [2.05, 4.69) is 10.2 Å². The van der Waals surface area contributed by atoms with Crippen molar-refractivity contribution in [2.24, 2.45) is 0 Å². The smallest absolute Gasteiger partial charge is 0.283 e. The molecule has 0 spiro atoms. The Morgan fingerprint density at radius 3 is 2.44 bits per heavy atom. The normalized spacial score (nSPS) is 12.0. The van der Waals surface area contributed by atoms with Crippen molar-refractivity contribution in [1.29, 1.82) is 0 Å². The number of nitro benzene ring substituents is 1. The largest absolute Gasteiger partial charge is 0.350 e. The number of rotatable bonds is 8. The average molecular weight is 410 g/mol. The number of halogens is 2. The molecule has 0 aliphatic heterocycles. The molecule has 0 radical (unpaired) electrons. The van der Waals surface area contributed by atoms with Gasteiger partial charge in [-0.2, -0.15) is 0 Å². The summed E-state index contributed by atoms with van der Waals surface area (Å²) in [6.07, 6.45) is 0. The molecule has 1 amide bonds. The Hall–Kier alpha value is -2.15. The van der Waals surface area contributed by atoms with Crippen LogP contribution in [0.1, 0.15) is 35.8 Å². The molecule has 0 saturated heterocycles. The number of likely N-dealkylation sites (N-methyl/N-ethyl adjacent to an activating group) is 1. The van der Waals surface area contributed by atoms with Crippen molar-refractivity contribution < 1.29 is 9.72 Å². The van der Waals surface area contributed by atoms with Crippen molar-refractivity contribution in [1.82, 2.24) is 10.2 Å². The Morgan fingerprint density at radius 1 is 1.19 bits per heavy atom. The van der Waals surface area contributed by atoms with Crippen LogP contribution < -0.4 is 5.32 Å². The molecule has 144 valence electrons. The molecular formula is C19H21Cl2N3O3. The van der Waals surface area contributed by atoms with E-state index in [4.69, 9.17) is 23.2 Å². The molecule has 8 heteroatoms. The highest BCUT2D eigenvalue weighted by Gasteiger charge is 2.24. The fraction of sp³-hybridized carbons (Fsp3) is 0.316. The molecule has 2 aromatic carbocycles. The molecule has 0 aliphatic rings. The van der Waals surface area contributed by atoms with Gasteiger partial charge in [0.1, 0.15) is 5.56 Å². The molecule has 0 bridgehead atoms. The van der Waals surface area contributed by atoms with Crippen molar-refractivity contribution in [2.75, 3.05) is 19.6 Å². The lowest BCUT2D eigenvalue weighted by Crippen LogP contribution is -2.38. The fourth-order valence-corrected chi connectivity index (χ4v) is 3.41. The van der Waals surface area contributed by atoms with Gasteiger partial charge in [-0.05, 0) is 36.9 Å². The second kappa shape index (κ2) is 9.69. The van der Waals surface area contributed by atoms with E-state index in [1.165, 1.54) is 18.2 Å². The van der Waals surface area contributed by atoms with Crippen LogP contribution in [0.4, 0.5) is 5.69 Å². The van der Waals surface area contributed by atoms with Gasteiger partial charge < -0.3 is 5.32 Å². The van der Waals surface area contributed by atoms with E-state index in [-0.39, 0.29) is 28.9 Å². The zero-order valence-electron chi connectivity index (χ0n) is 15.1. The van der Waals surface area contributed by atoms with Gasteiger partial charge in [-0.3, -0.25) is 19.8 Å². The highest BCUT2D eigenvalue weighted by atomic mass is 35.5. The van der Waals surface area contributed by atoms with Gasteiger partial charge in [0.05, 0.1) is 11.0 Å². The summed E-state index contributed by atoms with van der Waals surface area (Å²) in [7, 11) is 0. The zero-order chi connectivity index (χ0) is 20.0. The highest BCUT2D eigenvalue weighted by Crippen LogP contribution is 2.28.